The largest absolute Gasteiger partial charge is 0.366 e. The molecule has 1 heteroatoms. The van der Waals surface area contributed by atoms with Crippen LogP contribution in [0.5, 0.6) is 0 Å². The summed E-state index contributed by atoms with van der Waals surface area (Å²) in [6.45, 7) is 3.09. The summed E-state index contributed by atoms with van der Waals surface area (Å²) in [5.41, 5.74) is 1.01. The van der Waals surface area contributed by atoms with Crippen molar-refractivity contribution in [3.05, 3.63) is 60.2 Å². The summed E-state index contributed by atoms with van der Waals surface area (Å²) in [6.07, 6.45) is 15.9. The van der Waals surface area contributed by atoms with E-state index >= 15 is 0 Å². The number of ether oxygens (including phenoxy) is 1. The van der Waals surface area contributed by atoms with Gasteiger partial charge in [-0.15, -0.1) is 0 Å². The van der Waals surface area contributed by atoms with Gasteiger partial charge in [0.25, 0.3) is 0 Å². The maximum absolute atomic E-state index is 6.30. The smallest absolute Gasteiger partial charge is 0.115 e. The summed E-state index contributed by atoms with van der Waals surface area (Å²) in [6, 6.07) is 10.6. The molecule has 20 heavy (non-hydrogen) atoms. The summed E-state index contributed by atoms with van der Waals surface area (Å²) in [5, 5.41) is 0. The lowest BCUT2D eigenvalue weighted by Crippen LogP contribution is -2.28. The molecule has 1 aliphatic carbocycles. The fraction of sp³-hybridized carbons (Fsp3) is 0.474. The van der Waals surface area contributed by atoms with E-state index in [1.165, 1.54) is 31.2 Å². The van der Waals surface area contributed by atoms with Crippen molar-refractivity contribution in [2.24, 2.45) is 0 Å². The molecule has 0 saturated heterocycles. The molecular weight excluding hydrogens is 244 g/mol. The quantitative estimate of drug-likeness (QED) is 0.576. The Kier molecular flexibility index (Phi) is 6.07. The predicted octanol–water partition coefficient (Wildman–Crippen LogP) is 5.39. The molecule has 0 N–H and O–H groups in total. The summed E-state index contributed by atoms with van der Waals surface area (Å²) in [7, 11) is 0. The first-order chi connectivity index (χ1) is 9.87. The standard InChI is InChI=1S/C19H26O/c1-2-3-4-5-12-17-20-19(15-10-7-11-16-19)18-13-8-6-9-14-18/h6-11,13-15H,2-5,12,16-17H2,1H3. The Morgan fingerprint density at radius 1 is 1.00 bits per heavy atom. The van der Waals surface area contributed by atoms with Gasteiger partial charge in [0.15, 0.2) is 0 Å². The van der Waals surface area contributed by atoms with Crippen LogP contribution in [-0.4, -0.2) is 6.61 Å². The molecule has 1 atom stereocenters. The molecular formula is C19H26O. The van der Waals surface area contributed by atoms with Crippen molar-refractivity contribution in [2.45, 2.75) is 51.0 Å². The second kappa shape index (κ2) is 8.06. The molecule has 0 heterocycles. The van der Waals surface area contributed by atoms with E-state index < -0.39 is 0 Å². The van der Waals surface area contributed by atoms with Gasteiger partial charge in [0.2, 0.25) is 0 Å². The minimum absolute atomic E-state index is 0.249. The van der Waals surface area contributed by atoms with Crippen LogP contribution in [-0.2, 0) is 10.3 Å². The van der Waals surface area contributed by atoms with Gasteiger partial charge in [0.05, 0.1) is 0 Å². The lowest BCUT2D eigenvalue weighted by molar-refractivity contribution is -0.0131. The van der Waals surface area contributed by atoms with Crippen molar-refractivity contribution in [3.8, 4) is 0 Å². The number of hydrogen-bond donors (Lipinski definition) is 0. The van der Waals surface area contributed by atoms with E-state index in [0.29, 0.717) is 0 Å². The molecule has 0 fully saturated rings. The highest BCUT2D eigenvalue weighted by molar-refractivity contribution is 5.32. The highest BCUT2D eigenvalue weighted by Crippen LogP contribution is 2.34. The zero-order valence-corrected chi connectivity index (χ0v) is 12.6. The third-order valence-electron chi connectivity index (χ3n) is 3.90. The molecule has 1 aromatic rings. The van der Waals surface area contributed by atoms with Crippen LogP contribution >= 0.6 is 0 Å². The highest BCUT2D eigenvalue weighted by Gasteiger charge is 2.29. The Labute approximate surface area is 123 Å². The first kappa shape index (κ1) is 15.1. The van der Waals surface area contributed by atoms with Gasteiger partial charge in [-0.05, 0) is 18.1 Å². The lowest BCUT2D eigenvalue weighted by Gasteiger charge is -2.32. The predicted molar refractivity (Wildman–Crippen MR) is 85.7 cm³/mol. The average Bonchev–Trinajstić information content (AvgIpc) is 2.52. The molecule has 0 amide bonds. The number of hydrogen-bond acceptors (Lipinski definition) is 1. The Morgan fingerprint density at radius 3 is 2.50 bits per heavy atom. The van der Waals surface area contributed by atoms with Crippen LogP contribution in [0, 0.1) is 0 Å². The first-order valence-corrected chi connectivity index (χ1v) is 7.91. The molecule has 0 spiro atoms. The number of allylic oxidation sites excluding steroid dienone is 2. The van der Waals surface area contributed by atoms with Crippen molar-refractivity contribution < 1.29 is 4.74 Å². The third-order valence-corrected chi connectivity index (χ3v) is 3.90. The Morgan fingerprint density at radius 2 is 1.80 bits per heavy atom. The van der Waals surface area contributed by atoms with E-state index in [0.717, 1.165) is 19.4 Å². The molecule has 0 radical (unpaired) electrons. The molecule has 0 aromatic heterocycles. The van der Waals surface area contributed by atoms with Crippen molar-refractivity contribution in [1.82, 2.24) is 0 Å². The monoisotopic (exact) mass is 270 g/mol. The number of unbranched alkanes of at least 4 members (excludes halogenated alkanes) is 4. The van der Waals surface area contributed by atoms with Crippen molar-refractivity contribution in [3.63, 3.8) is 0 Å². The van der Waals surface area contributed by atoms with E-state index in [9.17, 15) is 0 Å². The van der Waals surface area contributed by atoms with Gasteiger partial charge < -0.3 is 4.74 Å². The van der Waals surface area contributed by atoms with Crippen molar-refractivity contribution in [1.29, 1.82) is 0 Å². The minimum atomic E-state index is -0.249. The number of benzene rings is 1. The summed E-state index contributed by atoms with van der Waals surface area (Å²) >= 11 is 0. The molecule has 2 rings (SSSR count). The normalized spacial score (nSPS) is 21.2. The van der Waals surface area contributed by atoms with Crippen LogP contribution in [0.25, 0.3) is 0 Å². The van der Waals surface area contributed by atoms with E-state index in [1.54, 1.807) is 0 Å². The first-order valence-electron chi connectivity index (χ1n) is 7.91. The minimum Gasteiger partial charge on any atom is -0.366 e. The molecule has 1 aromatic carbocycles. The number of rotatable bonds is 8. The molecule has 1 nitrogen and oxygen atoms in total. The van der Waals surface area contributed by atoms with Gasteiger partial charge in [-0.1, -0.05) is 81.2 Å². The Hall–Kier alpha value is -1.34. The fourth-order valence-electron chi connectivity index (χ4n) is 2.69. The lowest BCUT2D eigenvalue weighted by atomic mass is 9.87. The van der Waals surface area contributed by atoms with E-state index in [-0.39, 0.29) is 5.60 Å². The second-order valence-corrected chi connectivity index (χ2v) is 5.51. The van der Waals surface area contributed by atoms with Crippen LogP contribution in [0.1, 0.15) is 51.0 Å². The maximum atomic E-state index is 6.30. The summed E-state index contributed by atoms with van der Waals surface area (Å²) in [4.78, 5) is 0. The molecule has 108 valence electrons. The molecule has 1 aliphatic rings. The van der Waals surface area contributed by atoms with Crippen molar-refractivity contribution in [2.75, 3.05) is 6.61 Å². The Bertz CT molecular complexity index is 432. The van der Waals surface area contributed by atoms with E-state index in [1.807, 2.05) is 0 Å². The topological polar surface area (TPSA) is 9.23 Å². The second-order valence-electron chi connectivity index (χ2n) is 5.51. The van der Waals surface area contributed by atoms with Crippen molar-refractivity contribution >= 4 is 0 Å². The molecule has 1 unspecified atom stereocenters. The average molecular weight is 270 g/mol. The van der Waals surface area contributed by atoms with Crippen LogP contribution in [0.4, 0.5) is 0 Å². The SMILES string of the molecule is CCCCCCCOC1(c2ccccc2)C=CC=CC1. The van der Waals surface area contributed by atoms with Gasteiger partial charge in [-0.2, -0.15) is 0 Å². The van der Waals surface area contributed by atoms with Crippen LogP contribution in [0.3, 0.4) is 0 Å². The Balaban J connectivity index is 1.92. The van der Waals surface area contributed by atoms with Gasteiger partial charge in [0, 0.05) is 13.0 Å². The van der Waals surface area contributed by atoms with Gasteiger partial charge in [0.1, 0.15) is 5.60 Å². The van der Waals surface area contributed by atoms with Crippen LogP contribution in [0.15, 0.2) is 54.6 Å². The molecule has 0 saturated carbocycles. The van der Waals surface area contributed by atoms with Crippen LogP contribution in [0.2, 0.25) is 0 Å². The fourth-order valence-corrected chi connectivity index (χ4v) is 2.69. The van der Waals surface area contributed by atoms with E-state index in [4.69, 9.17) is 4.74 Å². The zero-order valence-electron chi connectivity index (χ0n) is 12.6. The molecule has 0 aliphatic heterocycles. The molecule has 0 bridgehead atoms. The highest BCUT2D eigenvalue weighted by atomic mass is 16.5. The van der Waals surface area contributed by atoms with Gasteiger partial charge >= 0.3 is 0 Å². The maximum Gasteiger partial charge on any atom is 0.115 e. The van der Waals surface area contributed by atoms with Crippen LogP contribution < -0.4 is 0 Å². The summed E-state index contributed by atoms with van der Waals surface area (Å²) < 4.78 is 6.30. The van der Waals surface area contributed by atoms with E-state index in [2.05, 4.69) is 61.6 Å². The van der Waals surface area contributed by atoms with Gasteiger partial charge in [-0.25, -0.2) is 0 Å². The summed E-state index contributed by atoms with van der Waals surface area (Å²) in [5.74, 6) is 0. The third kappa shape index (κ3) is 4.08. The zero-order chi connectivity index (χ0) is 14.1. The van der Waals surface area contributed by atoms with Gasteiger partial charge in [-0.3, -0.25) is 0 Å².